The summed E-state index contributed by atoms with van der Waals surface area (Å²) in [7, 11) is 0. The first-order valence-corrected chi connectivity index (χ1v) is 4.53. The van der Waals surface area contributed by atoms with Crippen molar-refractivity contribution in [1.29, 1.82) is 0 Å². The molecule has 0 aliphatic carbocycles. The van der Waals surface area contributed by atoms with Crippen molar-refractivity contribution in [2.45, 2.75) is 6.92 Å². The summed E-state index contributed by atoms with van der Waals surface area (Å²) in [6.45, 7) is 2.02. The summed E-state index contributed by atoms with van der Waals surface area (Å²) in [6, 6.07) is 7.91. The van der Waals surface area contributed by atoms with Crippen LogP contribution in [0.1, 0.15) is 5.56 Å². The molecule has 14 heavy (non-hydrogen) atoms. The third kappa shape index (κ3) is 1.59. The highest BCUT2D eigenvalue weighted by Crippen LogP contribution is 2.28. The highest BCUT2D eigenvalue weighted by molar-refractivity contribution is 6.31. The number of nitrogen functional groups attached to an aromatic ring is 1. The van der Waals surface area contributed by atoms with Crippen LogP contribution in [-0.2, 0) is 0 Å². The maximum absolute atomic E-state index is 5.81. The van der Waals surface area contributed by atoms with Crippen molar-refractivity contribution in [3.05, 3.63) is 35.0 Å². The van der Waals surface area contributed by atoms with E-state index in [4.69, 9.17) is 21.8 Å². The van der Waals surface area contributed by atoms with Gasteiger partial charge in [0.15, 0.2) is 0 Å². The highest BCUT2D eigenvalue weighted by atomic mass is 35.5. The number of halogens is 1. The number of rotatable bonds is 1. The zero-order valence-corrected chi connectivity index (χ0v) is 8.38. The van der Waals surface area contributed by atoms with Crippen LogP contribution in [-0.4, -0.2) is 4.98 Å². The van der Waals surface area contributed by atoms with E-state index in [-0.39, 0.29) is 11.2 Å². The van der Waals surface area contributed by atoms with Crippen molar-refractivity contribution in [2.75, 3.05) is 5.73 Å². The monoisotopic (exact) mass is 208 g/mol. The van der Waals surface area contributed by atoms with Crippen molar-refractivity contribution < 1.29 is 4.42 Å². The van der Waals surface area contributed by atoms with Gasteiger partial charge >= 0.3 is 0 Å². The van der Waals surface area contributed by atoms with Crippen LogP contribution in [0.15, 0.2) is 28.7 Å². The standard InChI is InChI=1S/C10H9ClN2O/c1-6-2-4-7(5-3-6)8-9(11)14-10(12)13-8/h2-5H,1H3,(H2,12,13). The second kappa shape index (κ2) is 3.35. The number of oxazole rings is 1. The molecule has 0 aliphatic rings. The van der Waals surface area contributed by atoms with Crippen LogP contribution in [0.2, 0.25) is 5.22 Å². The predicted molar refractivity (Wildman–Crippen MR) is 56.1 cm³/mol. The Hall–Kier alpha value is -1.48. The number of hydrogen-bond acceptors (Lipinski definition) is 3. The molecule has 0 fully saturated rings. The van der Waals surface area contributed by atoms with E-state index < -0.39 is 0 Å². The van der Waals surface area contributed by atoms with Gasteiger partial charge in [-0.2, -0.15) is 4.98 Å². The summed E-state index contributed by atoms with van der Waals surface area (Å²) in [4.78, 5) is 3.99. The molecule has 0 atom stereocenters. The third-order valence-corrected chi connectivity index (χ3v) is 2.18. The Bertz CT molecular complexity index is 448. The summed E-state index contributed by atoms with van der Waals surface area (Å²) < 4.78 is 4.93. The molecule has 3 nitrogen and oxygen atoms in total. The largest absolute Gasteiger partial charge is 0.411 e. The van der Waals surface area contributed by atoms with Crippen LogP contribution in [0.25, 0.3) is 11.3 Å². The van der Waals surface area contributed by atoms with E-state index in [0.29, 0.717) is 5.69 Å². The molecule has 0 amide bonds. The molecule has 1 heterocycles. The predicted octanol–water partition coefficient (Wildman–Crippen LogP) is 2.89. The lowest BCUT2D eigenvalue weighted by atomic mass is 10.1. The number of aryl methyl sites for hydroxylation is 1. The zero-order chi connectivity index (χ0) is 10.1. The minimum Gasteiger partial charge on any atom is -0.411 e. The maximum atomic E-state index is 5.81. The Kier molecular flexibility index (Phi) is 2.17. The fourth-order valence-corrected chi connectivity index (χ4v) is 1.44. The highest BCUT2D eigenvalue weighted by Gasteiger charge is 2.10. The number of nitrogens with two attached hydrogens (primary N) is 1. The normalized spacial score (nSPS) is 10.4. The molecule has 1 aromatic heterocycles. The first kappa shape index (κ1) is 9.09. The average molecular weight is 209 g/mol. The van der Waals surface area contributed by atoms with Gasteiger partial charge in [-0.15, -0.1) is 0 Å². The molecule has 72 valence electrons. The second-order valence-electron chi connectivity index (χ2n) is 3.04. The number of nitrogens with zero attached hydrogens (tertiary/aromatic N) is 1. The molecule has 4 heteroatoms. The molecule has 1 aromatic carbocycles. The van der Waals surface area contributed by atoms with Gasteiger partial charge in [0.1, 0.15) is 5.69 Å². The molecule has 0 saturated heterocycles. The molecule has 0 bridgehead atoms. The molecule has 2 rings (SSSR count). The molecule has 0 saturated carbocycles. The molecule has 0 aliphatic heterocycles. The van der Waals surface area contributed by atoms with Crippen LogP contribution < -0.4 is 5.73 Å². The van der Waals surface area contributed by atoms with Crippen LogP contribution in [0.4, 0.5) is 6.01 Å². The Morgan fingerprint density at radius 2 is 1.93 bits per heavy atom. The first-order valence-electron chi connectivity index (χ1n) is 4.15. The van der Waals surface area contributed by atoms with Gasteiger partial charge in [-0.3, -0.25) is 0 Å². The Morgan fingerprint density at radius 1 is 1.29 bits per heavy atom. The van der Waals surface area contributed by atoms with E-state index in [2.05, 4.69) is 4.98 Å². The smallest absolute Gasteiger partial charge is 0.293 e. The Morgan fingerprint density at radius 3 is 2.43 bits per heavy atom. The van der Waals surface area contributed by atoms with Crippen molar-refractivity contribution >= 4 is 17.6 Å². The van der Waals surface area contributed by atoms with Crippen LogP contribution in [0, 0.1) is 6.92 Å². The topological polar surface area (TPSA) is 52.0 Å². The van der Waals surface area contributed by atoms with Crippen molar-refractivity contribution in [3.8, 4) is 11.3 Å². The van der Waals surface area contributed by atoms with Crippen LogP contribution in [0.5, 0.6) is 0 Å². The molecular formula is C10H9ClN2O. The fraction of sp³-hybridized carbons (Fsp3) is 0.100. The summed E-state index contributed by atoms with van der Waals surface area (Å²) in [5.41, 5.74) is 8.06. The summed E-state index contributed by atoms with van der Waals surface area (Å²) >= 11 is 5.81. The second-order valence-corrected chi connectivity index (χ2v) is 3.38. The van der Waals surface area contributed by atoms with Gasteiger partial charge in [-0.1, -0.05) is 29.8 Å². The fourth-order valence-electron chi connectivity index (χ4n) is 1.21. The van der Waals surface area contributed by atoms with Crippen molar-refractivity contribution in [2.24, 2.45) is 0 Å². The SMILES string of the molecule is Cc1ccc(-c2nc(N)oc2Cl)cc1. The summed E-state index contributed by atoms with van der Waals surface area (Å²) in [6.07, 6.45) is 0. The molecular weight excluding hydrogens is 200 g/mol. The van der Waals surface area contributed by atoms with Gasteiger partial charge < -0.3 is 10.2 Å². The number of anilines is 1. The van der Waals surface area contributed by atoms with Gasteiger partial charge in [0, 0.05) is 5.56 Å². The molecule has 0 unspecified atom stereocenters. The van der Waals surface area contributed by atoms with Crippen molar-refractivity contribution in [3.63, 3.8) is 0 Å². The Labute approximate surface area is 86.5 Å². The van der Waals surface area contributed by atoms with Crippen LogP contribution in [0.3, 0.4) is 0 Å². The lowest BCUT2D eigenvalue weighted by Crippen LogP contribution is -1.83. The van der Waals surface area contributed by atoms with E-state index >= 15 is 0 Å². The minimum atomic E-state index is 0.0885. The molecule has 2 aromatic rings. The van der Waals surface area contributed by atoms with Gasteiger partial charge in [0.05, 0.1) is 0 Å². The van der Waals surface area contributed by atoms with E-state index in [0.717, 1.165) is 5.56 Å². The number of benzene rings is 1. The average Bonchev–Trinajstić information content (AvgIpc) is 2.47. The Balaban J connectivity index is 2.49. The van der Waals surface area contributed by atoms with Crippen molar-refractivity contribution in [1.82, 2.24) is 4.98 Å². The van der Waals surface area contributed by atoms with Gasteiger partial charge in [-0.05, 0) is 18.5 Å². The maximum Gasteiger partial charge on any atom is 0.293 e. The van der Waals surface area contributed by atoms with E-state index in [9.17, 15) is 0 Å². The number of aromatic nitrogens is 1. The first-order chi connectivity index (χ1) is 6.66. The van der Waals surface area contributed by atoms with E-state index in [1.54, 1.807) is 0 Å². The molecule has 0 spiro atoms. The minimum absolute atomic E-state index is 0.0885. The van der Waals surface area contributed by atoms with Crippen LogP contribution >= 0.6 is 11.6 Å². The van der Waals surface area contributed by atoms with E-state index in [1.165, 1.54) is 5.56 Å². The summed E-state index contributed by atoms with van der Waals surface area (Å²) in [5, 5.41) is 0.228. The van der Waals surface area contributed by atoms with Gasteiger partial charge in [0.2, 0.25) is 5.22 Å². The lowest BCUT2D eigenvalue weighted by molar-refractivity contribution is 0.583. The van der Waals surface area contributed by atoms with Gasteiger partial charge in [0.25, 0.3) is 6.01 Å². The summed E-state index contributed by atoms with van der Waals surface area (Å²) in [5.74, 6) is 0. The van der Waals surface area contributed by atoms with E-state index in [1.807, 2.05) is 31.2 Å². The third-order valence-electron chi connectivity index (χ3n) is 1.93. The quantitative estimate of drug-likeness (QED) is 0.784. The lowest BCUT2D eigenvalue weighted by Gasteiger charge is -1.96. The zero-order valence-electron chi connectivity index (χ0n) is 7.62. The van der Waals surface area contributed by atoms with Gasteiger partial charge in [-0.25, -0.2) is 0 Å². The molecule has 2 N–H and O–H groups in total. The number of hydrogen-bond donors (Lipinski definition) is 1. The molecule has 0 radical (unpaired) electrons.